The maximum atomic E-state index is 12.9. The van der Waals surface area contributed by atoms with E-state index in [9.17, 15) is 38.4 Å². The predicted molar refractivity (Wildman–Crippen MR) is 183 cm³/mol. The molecule has 47 heavy (non-hydrogen) atoms. The molecule has 0 radical (unpaired) electrons. The van der Waals surface area contributed by atoms with Crippen LogP contribution >= 0.6 is 37.2 Å². The molecule has 0 aliphatic carbocycles. The Bertz CT molecular complexity index is 1140. The Morgan fingerprint density at radius 3 is 0.979 bits per heavy atom. The highest BCUT2D eigenvalue weighted by atomic mass is 128. The average Bonchev–Trinajstić information content (AvgIpc) is 3.04. The van der Waals surface area contributed by atoms with Gasteiger partial charge in [-0.05, 0) is 62.4 Å². The van der Waals surface area contributed by atoms with E-state index in [1.807, 2.05) is 0 Å². The highest BCUT2D eigenvalue weighted by Crippen LogP contribution is 2.12. The van der Waals surface area contributed by atoms with Crippen LogP contribution in [-0.4, -0.2) is 144 Å². The molecule has 0 aromatic heterocycles. The summed E-state index contributed by atoms with van der Waals surface area (Å²) in [5, 5.41) is 11.6. The molecule has 0 aliphatic rings. The van der Waals surface area contributed by atoms with Crippen LogP contribution in [0.3, 0.4) is 0 Å². The minimum absolute atomic E-state index is 0.656. The van der Waals surface area contributed by atoms with Gasteiger partial charge in [0.1, 0.15) is 24.2 Å². The van der Waals surface area contributed by atoms with Gasteiger partial charge in [0, 0.05) is 58.4 Å². The van der Waals surface area contributed by atoms with Gasteiger partial charge in [-0.15, -0.1) is 0 Å². The van der Waals surface area contributed by atoms with E-state index in [1.165, 1.54) is 62.7 Å². The third-order valence-electron chi connectivity index (χ3n) is 7.16. The summed E-state index contributed by atoms with van der Waals surface area (Å²) in [6.45, 7) is 10.5. The molecule has 0 bridgehead atoms. The number of likely N-dealkylation sites (N-methyl/N-ethyl adjacent to an activating group) is 4. The van der Waals surface area contributed by atoms with Crippen LogP contribution in [0.2, 0.25) is 0 Å². The van der Waals surface area contributed by atoms with Gasteiger partial charge in [-0.3, -0.25) is 19.2 Å². The summed E-state index contributed by atoms with van der Waals surface area (Å²) in [5.41, 5.74) is 0. The number of amides is 3. The number of rotatable bonds is 16. The average molecular weight is 900 g/mol. The van der Waals surface area contributed by atoms with Gasteiger partial charge in [-0.1, -0.05) is 0 Å². The predicted octanol–water partition coefficient (Wildman–Crippen LogP) is 0.718. The molecule has 0 aromatic carbocycles. The lowest BCUT2D eigenvalue weighted by atomic mass is 10.2. The number of carboxylic acids is 1. The maximum absolute atomic E-state index is 12.9. The number of carbonyl (C=O) groups is 8. The van der Waals surface area contributed by atoms with Gasteiger partial charge < -0.3 is 44.1 Å². The number of carboxylic acid groups (broad SMARTS) is 1. The van der Waals surface area contributed by atoms with Crippen LogP contribution in [0.4, 0.5) is 0 Å². The number of ether oxygens (including phenoxy) is 4. The van der Waals surface area contributed by atoms with Crippen LogP contribution < -0.4 is 5.32 Å². The van der Waals surface area contributed by atoms with Gasteiger partial charge in [0.15, 0.2) is 24.4 Å². The van der Waals surface area contributed by atoms with Crippen LogP contribution in [-0.2, 0) is 57.3 Å². The first-order valence-electron chi connectivity index (χ1n) is 14.3. The second-order valence-corrected chi connectivity index (χ2v) is 10.5. The molecule has 8 atom stereocenters. The summed E-state index contributed by atoms with van der Waals surface area (Å²) in [5.74, 6) is -7.21. The van der Waals surface area contributed by atoms with E-state index in [1.54, 1.807) is 14.0 Å². The second-order valence-electron chi connectivity index (χ2n) is 10.5. The van der Waals surface area contributed by atoms with Crippen molar-refractivity contribution in [3.8, 4) is 0 Å². The normalized spacial score (nSPS) is 15.6. The molecule has 0 rings (SSSR count). The quantitative estimate of drug-likeness (QED) is 0.124. The Kier molecular flexibility index (Phi) is 21.6. The third-order valence-corrected chi connectivity index (χ3v) is 7.16. The molecule has 0 fully saturated rings. The molecule has 19 heteroatoms. The summed E-state index contributed by atoms with van der Waals surface area (Å²) in [6.07, 6.45) is -5.42. The zero-order chi connectivity index (χ0) is 37.5. The van der Waals surface area contributed by atoms with Gasteiger partial charge >= 0.3 is 29.8 Å². The van der Waals surface area contributed by atoms with E-state index in [4.69, 9.17) is 24.1 Å². The second kappa shape index (κ2) is 21.9. The Balaban J connectivity index is 0. The minimum atomic E-state index is -1.44. The Labute approximate surface area is 298 Å². The number of halogens is 2. The number of hydrogen-bond acceptors (Lipinski definition) is 13. The first-order chi connectivity index (χ1) is 21.6. The largest absolute Gasteiger partial charge is 0.479 e. The molecule has 0 heterocycles. The highest BCUT2D eigenvalue weighted by molar-refractivity contribution is 15.0. The van der Waals surface area contributed by atoms with Crippen molar-refractivity contribution in [2.45, 2.75) is 104 Å². The minimum Gasteiger partial charge on any atom is -0.479 e. The van der Waals surface area contributed by atoms with Crippen molar-refractivity contribution in [3.05, 3.63) is 0 Å². The fraction of sp³-hybridized carbons (Fsp3) is 0.714. The fourth-order valence-electron chi connectivity index (χ4n) is 3.32. The lowest BCUT2D eigenvalue weighted by molar-refractivity contribution is -0.172. The van der Waals surface area contributed by atoms with E-state index in [0.29, 0.717) is 0 Å². The summed E-state index contributed by atoms with van der Waals surface area (Å²) in [4.78, 5) is 102. The summed E-state index contributed by atoms with van der Waals surface area (Å²) < 4.78 is 20.3. The number of nitrogens with zero attached hydrogens (tertiary/aromatic N) is 3. The van der Waals surface area contributed by atoms with Crippen LogP contribution in [0, 0.1) is 0 Å². The highest BCUT2D eigenvalue weighted by Gasteiger charge is 2.36. The smallest absolute Gasteiger partial charge is 0.344 e. The van der Waals surface area contributed by atoms with E-state index in [-0.39, 0.29) is 0 Å². The lowest BCUT2D eigenvalue weighted by Crippen LogP contribution is -2.51. The van der Waals surface area contributed by atoms with Crippen molar-refractivity contribution in [3.63, 3.8) is 0 Å². The maximum Gasteiger partial charge on any atom is 0.344 e. The van der Waals surface area contributed by atoms with E-state index >= 15 is 0 Å². The van der Waals surface area contributed by atoms with Gasteiger partial charge in [-0.25, -0.2) is 19.2 Å². The number of nitrogens with one attached hydrogen (secondary N) is 1. The SMILES string of the molecule is CNC(C)C(=O)OC(C)C(=O)N(C)C(C)C(=O)OC(C)C(=O)N(C)C(C)C(=O)OC(C)C(=O)N(C)C(C)C(=O)OC(C)C(=O)O.II. The van der Waals surface area contributed by atoms with Crippen molar-refractivity contribution in [2.24, 2.45) is 0 Å². The number of esters is 4. The number of aliphatic carboxylic acids is 1. The van der Waals surface area contributed by atoms with Gasteiger partial charge in [0.05, 0.1) is 0 Å². The molecule has 0 saturated heterocycles. The van der Waals surface area contributed by atoms with Crippen molar-refractivity contribution in [1.82, 2.24) is 20.0 Å². The first-order valence-corrected chi connectivity index (χ1v) is 20.5. The molecule has 8 unspecified atom stereocenters. The van der Waals surface area contributed by atoms with E-state index < -0.39 is 96.2 Å². The van der Waals surface area contributed by atoms with Crippen LogP contribution in [0.25, 0.3) is 0 Å². The van der Waals surface area contributed by atoms with Crippen molar-refractivity contribution >= 4 is 84.8 Å². The van der Waals surface area contributed by atoms with Gasteiger partial charge in [0.25, 0.3) is 17.7 Å². The number of carbonyl (C=O) groups excluding carboxylic acids is 7. The molecule has 2 N–H and O–H groups in total. The molecule has 0 aromatic rings. The monoisotopic (exact) mass is 900 g/mol. The van der Waals surface area contributed by atoms with Crippen molar-refractivity contribution < 1.29 is 62.4 Å². The molecular formula is C28H46I2N4O13. The molecule has 0 spiro atoms. The van der Waals surface area contributed by atoms with Crippen LogP contribution in [0.1, 0.15) is 55.4 Å². The fourth-order valence-corrected chi connectivity index (χ4v) is 3.32. The van der Waals surface area contributed by atoms with Crippen molar-refractivity contribution in [1.29, 1.82) is 0 Å². The summed E-state index contributed by atoms with van der Waals surface area (Å²) >= 11 is 4.24. The van der Waals surface area contributed by atoms with Crippen molar-refractivity contribution in [2.75, 3.05) is 28.2 Å². The summed E-state index contributed by atoms with van der Waals surface area (Å²) in [7, 11) is 5.34. The van der Waals surface area contributed by atoms with E-state index in [0.717, 1.165) is 21.6 Å². The van der Waals surface area contributed by atoms with Gasteiger partial charge in [-0.2, -0.15) is 0 Å². The van der Waals surface area contributed by atoms with Gasteiger partial charge in [0.2, 0.25) is 0 Å². The zero-order valence-corrected chi connectivity index (χ0v) is 32.9. The molecular weight excluding hydrogens is 854 g/mol. The summed E-state index contributed by atoms with van der Waals surface area (Å²) in [6, 6.07) is -4.26. The number of hydrogen-bond donors (Lipinski definition) is 2. The Morgan fingerprint density at radius 2 is 0.745 bits per heavy atom. The third kappa shape index (κ3) is 14.5. The first kappa shape index (κ1) is 46.3. The topological polar surface area (TPSA) is 215 Å². The Hall–Kier alpha value is -2.82. The molecule has 270 valence electrons. The standard InChI is InChI=1S/C28H46N4O13.I2/c1-13(29-9)25(38)42-17(5)21(33)30(10)14(2)26(39)43-18(6)22(34)31(11)15(3)27(40)44-19(7)23(35)32(12)16(4)28(41)45-20(8)24(36)37;1-2/h13-20,29H,1-12H3,(H,36,37);. The Morgan fingerprint density at radius 1 is 0.511 bits per heavy atom. The van der Waals surface area contributed by atoms with Crippen LogP contribution in [0.5, 0.6) is 0 Å². The zero-order valence-electron chi connectivity index (χ0n) is 28.6. The molecule has 3 amide bonds. The van der Waals surface area contributed by atoms with E-state index in [2.05, 4.69) is 42.5 Å². The lowest BCUT2D eigenvalue weighted by Gasteiger charge is -2.30. The molecule has 0 saturated carbocycles. The molecule has 0 aliphatic heterocycles. The molecule has 17 nitrogen and oxygen atoms in total. The van der Waals surface area contributed by atoms with Crippen LogP contribution in [0.15, 0.2) is 0 Å².